The molecule has 2 aromatic rings. The van der Waals surface area contributed by atoms with Gasteiger partial charge in [0.1, 0.15) is 12.4 Å². The van der Waals surface area contributed by atoms with Gasteiger partial charge in [0.2, 0.25) is 0 Å². The first kappa shape index (κ1) is 21.2. The Morgan fingerprint density at radius 2 is 2.07 bits per heavy atom. The summed E-state index contributed by atoms with van der Waals surface area (Å²) in [5, 5.41) is 10.5. The van der Waals surface area contributed by atoms with E-state index in [0.717, 1.165) is 35.5 Å². The number of hydrogen-bond acceptors (Lipinski definition) is 7. The Morgan fingerprint density at radius 1 is 1.23 bits per heavy atom. The molecule has 7 nitrogen and oxygen atoms in total. The van der Waals surface area contributed by atoms with Crippen LogP contribution in [0, 0.1) is 11.6 Å². The van der Waals surface area contributed by atoms with Crippen LogP contribution >= 0.6 is 11.8 Å². The predicted octanol–water partition coefficient (Wildman–Crippen LogP) is 3.15. The van der Waals surface area contributed by atoms with Crippen LogP contribution in [0.1, 0.15) is 11.1 Å². The van der Waals surface area contributed by atoms with E-state index in [1.54, 1.807) is 24.3 Å². The molecule has 1 N–H and O–H groups in total. The second-order valence-corrected chi connectivity index (χ2v) is 6.88. The molecule has 0 atom stereocenters. The SMILES string of the molecule is COC(=O)/C=C1/S/C(=N\N=Cc2cccc(COc3ccc(F)cc3F)c2)NC1=O. The summed E-state index contributed by atoms with van der Waals surface area (Å²) in [6, 6.07) is 10.2. The average Bonchev–Trinajstić information content (AvgIpc) is 3.06. The number of carbonyl (C=O) groups excluding carboxylic acids is 2. The Balaban J connectivity index is 1.62. The van der Waals surface area contributed by atoms with Gasteiger partial charge in [-0.2, -0.15) is 5.10 Å². The Bertz CT molecular complexity index is 1070. The third-order valence-electron chi connectivity index (χ3n) is 3.70. The van der Waals surface area contributed by atoms with Crippen molar-refractivity contribution in [3.05, 3.63) is 76.2 Å². The van der Waals surface area contributed by atoms with Gasteiger partial charge < -0.3 is 9.47 Å². The topological polar surface area (TPSA) is 89.3 Å². The van der Waals surface area contributed by atoms with Crippen molar-refractivity contribution in [1.82, 2.24) is 5.32 Å². The number of amidine groups is 1. The zero-order chi connectivity index (χ0) is 21.5. The van der Waals surface area contributed by atoms with Crippen molar-refractivity contribution in [3.63, 3.8) is 0 Å². The highest BCUT2D eigenvalue weighted by Crippen LogP contribution is 2.23. The first-order chi connectivity index (χ1) is 14.4. The molecule has 154 valence electrons. The lowest BCUT2D eigenvalue weighted by molar-refractivity contribution is -0.135. The van der Waals surface area contributed by atoms with E-state index in [2.05, 4.69) is 20.3 Å². The molecule has 1 saturated heterocycles. The standard InChI is InChI=1S/C20H15F2N3O4S/c1-28-18(26)9-17-19(27)24-20(30-17)25-23-10-12-3-2-4-13(7-12)11-29-16-6-5-14(21)8-15(16)22/h2-10H,11H2,1H3,(H,24,25,27)/b17-9+,23-10?. The molecule has 0 aromatic heterocycles. The lowest BCUT2D eigenvalue weighted by atomic mass is 10.1. The van der Waals surface area contributed by atoms with Crippen LogP contribution in [0.15, 0.2) is 63.6 Å². The maximum Gasteiger partial charge on any atom is 0.331 e. The highest BCUT2D eigenvalue weighted by atomic mass is 32.2. The zero-order valence-corrected chi connectivity index (χ0v) is 16.4. The van der Waals surface area contributed by atoms with Crippen LogP contribution in [0.3, 0.4) is 0 Å². The quantitative estimate of drug-likeness (QED) is 0.329. The molecule has 1 aliphatic rings. The molecule has 0 radical (unpaired) electrons. The molecule has 30 heavy (non-hydrogen) atoms. The molecule has 0 unspecified atom stereocenters. The molecule has 1 amide bonds. The number of rotatable bonds is 6. The van der Waals surface area contributed by atoms with Crippen LogP contribution in [0.2, 0.25) is 0 Å². The second-order valence-electron chi connectivity index (χ2n) is 5.85. The lowest BCUT2D eigenvalue weighted by Gasteiger charge is -2.07. The molecule has 1 heterocycles. The van der Waals surface area contributed by atoms with Crippen LogP contribution in [-0.2, 0) is 20.9 Å². The maximum absolute atomic E-state index is 13.6. The van der Waals surface area contributed by atoms with Crippen LogP contribution < -0.4 is 10.1 Å². The summed E-state index contributed by atoms with van der Waals surface area (Å²) >= 11 is 0.962. The van der Waals surface area contributed by atoms with E-state index in [0.29, 0.717) is 5.56 Å². The number of benzene rings is 2. The van der Waals surface area contributed by atoms with Gasteiger partial charge in [-0.3, -0.25) is 10.1 Å². The summed E-state index contributed by atoms with van der Waals surface area (Å²) in [6.07, 6.45) is 2.53. The van der Waals surface area contributed by atoms with Gasteiger partial charge in [0.05, 0.1) is 18.2 Å². The molecule has 1 fully saturated rings. The van der Waals surface area contributed by atoms with E-state index in [9.17, 15) is 18.4 Å². The van der Waals surface area contributed by atoms with E-state index < -0.39 is 23.5 Å². The highest BCUT2D eigenvalue weighted by molar-refractivity contribution is 8.18. The number of nitrogens with one attached hydrogen (secondary N) is 1. The van der Waals surface area contributed by atoms with Crippen molar-refractivity contribution in [3.8, 4) is 5.75 Å². The minimum Gasteiger partial charge on any atom is -0.486 e. The van der Waals surface area contributed by atoms with Gasteiger partial charge in [0.25, 0.3) is 5.91 Å². The Kier molecular flexibility index (Phi) is 6.91. The molecule has 3 rings (SSSR count). The van der Waals surface area contributed by atoms with Crippen molar-refractivity contribution in [2.75, 3.05) is 7.11 Å². The van der Waals surface area contributed by atoms with Gasteiger partial charge in [-0.1, -0.05) is 18.2 Å². The largest absolute Gasteiger partial charge is 0.486 e. The van der Waals surface area contributed by atoms with E-state index in [1.807, 2.05) is 0 Å². The summed E-state index contributed by atoms with van der Waals surface area (Å²) in [4.78, 5) is 23.1. The smallest absolute Gasteiger partial charge is 0.331 e. The van der Waals surface area contributed by atoms with Crippen molar-refractivity contribution >= 4 is 35.0 Å². The Morgan fingerprint density at radius 3 is 2.83 bits per heavy atom. The normalized spacial score (nSPS) is 16.3. The fourth-order valence-corrected chi connectivity index (χ4v) is 3.04. The summed E-state index contributed by atoms with van der Waals surface area (Å²) in [7, 11) is 1.21. The van der Waals surface area contributed by atoms with E-state index >= 15 is 0 Å². The molecule has 10 heteroatoms. The van der Waals surface area contributed by atoms with Crippen molar-refractivity contribution < 1.29 is 27.8 Å². The summed E-state index contributed by atoms with van der Waals surface area (Å²) in [6.45, 7) is 0.0757. The third kappa shape index (κ3) is 5.74. The average molecular weight is 431 g/mol. The molecule has 0 aliphatic carbocycles. The molecule has 1 aliphatic heterocycles. The summed E-state index contributed by atoms with van der Waals surface area (Å²) in [5.41, 5.74) is 1.43. The predicted molar refractivity (Wildman–Crippen MR) is 108 cm³/mol. The minimum atomic E-state index is -0.778. The van der Waals surface area contributed by atoms with Gasteiger partial charge in [-0.05, 0) is 41.1 Å². The summed E-state index contributed by atoms with van der Waals surface area (Å²) in [5.74, 6) is -2.61. The monoisotopic (exact) mass is 431 g/mol. The van der Waals surface area contributed by atoms with Gasteiger partial charge in [0, 0.05) is 12.1 Å². The number of halogens is 2. The van der Waals surface area contributed by atoms with Crippen molar-refractivity contribution in [2.24, 2.45) is 10.2 Å². The van der Waals surface area contributed by atoms with E-state index in [1.165, 1.54) is 19.4 Å². The van der Waals surface area contributed by atoms with Crippen LogP contribution in [-0.4, -0.2) is 30.4 Å². The fraction of sp³-hybridized carbons (Fsp3) is 0.100. The molecule has 0 saturated carbocycles. The van der Waals surface area contributed by atoms with Crippen molar-refractivity contribution in [1.29, 1.82) is 0 Å². The number of amides is 1. The number of ether oxygens (including phenoxy) is 2. The third-order valence-corrected chi connectivity index (χ3v) is 4.60. The second kappa shape index (κ2) is 9.79. The molecular formula is C20H15F2N3O4S. The first-order valence-electron chi connectivity index (χ1n) is 8.51. The number of esters is 1. The molecule has 0 bridgehead atoms. The van der Waals surface area contributed by atoms with Crippen LogP contribution in [0.25, 0.3) is 0 Å². The molecule has 2 aromatic carbocycles. The molecule has 0 spiro atoms. The van der Waals surface area contributed by atoms with E-state index in [-0.39, 0.29) is 22.4 Å². The fourth-order valence-electron chi connectivity index (χ4n) is 2.31. The number of thioether (sulfide) groups is 1. The number of nitrogens with zero attached hydrogens (tertiary/aromatic N) is 2. The van der Waals surface area contributed by atoms with Gasteiger partial charge in [-0.25, -0.2) is 13.6 Å². The highest BCUT2D eigenvalue weighted by Gasteiger charge is 2.24. The van der Waals surface area contributed by atoms with Crippen LogP contribution in [0.5, 0.6) is 5.75 Å². The molecular weight excluding hydrogens is 416 g/mol. The van der Waals surface area contributed by atoms with Crippen molar-refractivity contribution in [2.45, 2.75) is 6.61 Å². The number of carbonyl (C=O) groups is 2. The maximum atomic E-state index is 13.6. The zero-order valence-electron chi connectivity index (χ0n) is 15.6. The van der Waals surface area contributed by atoms with Gasteiger partial charge in [0.15, 0.2) is 16.7 Å². The Labute approximate surface area is 174 Å². The van der Waals surface area contributed by atoms with E-state index in [4.69, 9.17) is 4.74 Å². The van der Waals surface area contributed by atoms with Crippen LogP contribution in [0.4, 0.5) is 8.78 Å². The number of methoxy groups -OCH3 is 1. The number of hydrogen-bond donors (Lipinski definition) is 1. The first-order valence-corrected chi connectivity index (χ1v) is 9.33. The van der Waals surface area contributed by atoms with Gasteiger partial charge >= 0.3 is 5.97 Å². The lowest BCUT2D eigenvalue weighted by Crippen LogP contribution is -2.19. The minimum absolute atomic E-state index is 0.0494. The summed E-state index contributed by atoms with van der Waals surface area (Å²) < 4.78 is 36.4. The Hall–Kier alpha value is -3.53. The van der Waals surface area contributed by atoms with Gasteiger partial charge in [-0.15, -0.1) is 5.10 Å².